The van der Waals surface area contributed by atoms with E-state index >= 15 is 0 Å². The quantitative estimate of drug-likeness (QED) is 0.703. The molecule has 1 aliphatic heterocycles. The summed E-state index contributed by atoms with van der Waals surface area (Å²) >= 11 is 0. The largest absolute Gasteiger partial charge is 0.392 e. The maximum atomic E-state index is 12.6. The molecule has 0 aromatic carbocycles. The molecule has 3 atom stereocenters. The Labute approximate surface area is 83.2 Å². The van der Waals surface area contributed by atoms with Gasteiger partial charge >= 0.3 is 0 Å². The number of halogens is 2. The van der Waals surface area contributed by atoms with Crippen molar-refractivity contribution in [3.8, 4) is 0 Å². The molecule has 14 heavy (non-hydrogen) atoms. The molecule has 1 N–H and O–H groups in total. The number of β-amino-alcohol motifs (C(OH)–C–C–N with tert-alkyl or cyclic N) is 1. The highest BCUT2D eigenvalue weighted by molar-refractivity contribution is 4.88. The van der Waals surface area contributed by atoms with Crippen LogP contribution in [0.15, 0.2) is 12.7 Å². The van der Waals surface area contributed by atoms with Gasteiger partial charge in [-0.25, -0.2) is 8.78 Å². The summed E-state index contributed by atoms with van der Waals surface area (Å²) in [6.07, 6.45) is -1.33. The van der Waals surface area contributed by atoms with E-state index in [0.717, 1.165) is 0 Å². The minimum atomic E-state index is -2.35. The van der Waals surface area contributed by atoms with Crippen molar-refractivity contribution >= 4 is 0 Å². The third-order valence-corrected chi connectivity index (χ3v) is 2.91. The van der Waals surface area contributed by atoms with Crippen molar-refractivity contribution < 1.29 is 13.9 Å². The van der Waals surface area contributed by atoms with Gasteiger partial charge in [0.15, 0.2) is 0 Å². The molecule has 0 bridgehead atoms. The van der Waals surface area contributed by atoms with E-state index in [9.17, 15) is 13.9 Å². The Bertz CT molecular complexity index is 199. The van der Waals surface area contributed by atoms with Gasteiger partial charge in [-0.05, 0) is 5.92 Å². The molecule has 1 heterocycles. The van der Waals surface area contributed by atoms with Gasteiger partial charge in [0.25, 0.3) is 0 Å². The zero-order chi connectivity index (χ0) is 10.7. The van der Waals surface area contributed by atoms with Gasteiger partial charge in [-0.15, -0.1) is 6.58 Å². The normalized spacial score (nSPS) is 34.8. The minimum Gasteiger partial charge on any atom is -0.392 e. The lowest BCUT2D eigenvalue weighted by molar-refractivity contribution is -0.0625. The first kappa shape index (κ1) is 11.6. The Morgan fingerprint density at radius 1 is 1.57 bits per heavy atom. The highest BCUT2D eigenvalue weighted by Gasteiger charge is 2.37. The van der Waals surface area contributed by atoms with Crippen LogP contribution >= 0.6 is 0 Å². The van der Waals surface area contributed by atoms with Crippen molar-refractivity contribution in [2.45, 2.75) is 19.5 Å². The Morgan fingerprint density at radius 3 is 2.71 bits per heavy atom. The standard InChI is InChI=1S/C10H17F2NO/c1-3-4-13-5-8(10(11)12)7(2)9(14)6-13/h3,7-10,14H,1,4-6H2,2H3/t7-,8+,9?/m1/s1. The molecule has 0 radical (unpaired) electrons. The van der Waals surface area contributed by atoms with Crippen LogP contribution in [0.1, 0.15) is 6.92 Å². The van der Waals surface area contributed by atoms with E-state index in [1.54, 1.807) is 13.0 Å². The lowest BCUT2D eigenvalue weighted by Crippen LogP contribution is -2.50. The second-order valence-electron chi connectivity index (χ2n) is 3.93. The Kier molecular flexibility index (Phi) is 4.01. The van der Waals surface area contributed by atoms with Gasteiger partial charge in [0.2, 0.25) is 6.43 Å². The predicted octanol–water partition coefficient (Wildman–Crippen LogP) is 1.37. The first-order valence-electron chi connectivity index (χ1n) is 4.85. The smallest absolute Gasteiger partial charge is 0.243 e. The summed E-state index contributed by atoms with van der Waals surface area (Å²) in [6.45, 7) is 6.63. The zero-order valence-electron chi connectivity index (χ0n) is 8.37. The highest BCUT2D eigenvalue weighted by Crippen LogP contribution is 2.28. The van der Waals surface area contributed by atoms with Crippen molar-refractivity contribution in [3.63, 3.8) is 0 Å². The SMILES string of the molecule is C=CCN1CC(O)[C@H](C)[C@@H](C(F)F)C1. The van der Waals surface area contributed by atoms with Gasteiger partial charge in [0.05, 0.1) is 6.10 Å². The molecule has 0 aromatic heterocycles. The van der Waals surface area contributed by atoms with E-state index < -0.39 is 18.4 Å². The number of alkyl halides is 2. The van der Waals surface area contributed by atoms with Gasteiger partial charge < -0.3 is 5.11 Å². The molecular formula is C10H17F2NO. The molecule has 0 amide bonds. The van der Waals surface area contributed by atoms with E-state index in [1.165, 1.54) is 0 Å². The van der Waals surface area contributed by atoms with Gasteiger partial charge in [0, 0.05) is 25.6 Å². The van der Waals surface area contributed by atoms with E-state index in [-0.39, 0.29) is 5.92 Å². The Morgan fingerprint density at radius 2 is 2.21 bits per heavy atom. The van der Waals surface area contributed by atoms with Crippen LogP contribution in [0.3, 0.4) is 0 Å². The van der Waals surface area contributed by atoms with Gasteiger partial charge in [0.1, 0.15) is 0 Å². The van der Waals surface area contributed by atoms with Crippen LogP contribution in [0.2, 0.25) is 0 Å². The first-order valence-corrected chi connectivity index (χ1v) is 4.85. The average molecular weight is 205 g/mol. The number of aliphatic hydroxyl groups excluding tert-OH is 1. The second-order valence-corrected chi connectivity index (χ2v) is 3.93. The lowest BCUT2D eigenvalue weighted by atomic mass is 9.85. The summed E-state index contributed by atoms with van der Waals surface area (Å²) in [4.78, 5) is 1.81. The molecule has 1 rings (SSSR count). The van der Waals surface area contributed by atoms with Crippen LogP contribution in [0.25, 0.3) is 0 Å². The molecule has 1 fully saturated rings. The summed E-state index contributed by atoms with van der Waals surface area (Å²) in [6, 6.07) is 0. The van der Waals surface area contributed by atoms with Crippen molar-refractivity contribution in [1.82, 2.24) is 4.90 Å². The lowest BCUT2D eigenvalue weighted by Gasteiger charge is -2.39. The second kappa shape index (κ2) is 4.84. The maximum Gasteiger partial charge on any atom is 0.243 e. The fourth-order valence-electron chi connectivity index (χ4n) is 1.90. The Balaban J connectivity index is 2.61. The number of piperidine rings is 1. The monoisotopic (exact) mass is 205 g/mol. The predicted molar refractivity (Wildman–Crippen MR) is 51.3 cm³/mol. The van der Waals surface area contributed by atoms with Crippen molar-refractivity contribution in [2.75, 3.05) is 19.6 Å². The van der Waals surface area contributed by atoms with Crippen molar-refractivity contribution in [1.29, 1.82) is 0 Å². The molecular weight excluding hydrogens is 188 g/mol. The van der Waals surface area contributed by atoms with Crippen molar-refractivity contribution in [3.05, 3.63) is 12.7 Å². The molecule has 4 heteroatoms. The third-order valence-electron chi connectivity index (χ3n) is 2.91. The topological polar surface area (TPSA) is 23.5 Å². The van der Waals surface area contributed by atoms with Gasteiger partial charge in [-0.2, -0.15) is 0 Å². The Hall–Kier alpha value is -0.480. The van der Waals surface area contributed by atoms with Crippen LogP contribution in [-0.2, 0) is 0 Å². The van der Waals surface area contributed by atoms with Crippen LogP contribution in [0.5, 0.6) is 0 Å². The molecule has 2 nitrogen and oxygen atoms in total. The van der Waals surface area contributed by atoms with E-state index in [1.807, 2.05) is 4.90 Å². The van der Waals surface area contributed by atoms with E-state index in [2.05, 4.69) is 6.58 Å². The molecule has 1 aliphatic rings. The molecule has 0 aromatic rings. The van der Waals surface area contributed by atoms with Crippen LogP contribution in [0.4, 0.5) is 8.78 Å². The number of likely N-dealkylation sites (tertiary alicyclic amines) is 1. The maximum absolute atomic E-state index is 12.6. The molecule has 0 spiro atoms. The first-order chi connectivity index (χ1) is 6.56. The van der Waals surface area contributed by atoms with E-state index in [0.29, 0.717) is 19.6 Å². The summed E-state index contributed by atoms with van der Waals surface area (Å²) in [5, 5.41) is 9.58. The van der Waals surface area contributed by atoms with Crippen molar-refractivity contribution in [2.24, 2.45) is 11.8 Å². The number of hydrogen-bond acceptors (Lipinski definition) is 2. The van der Waals surface area contributed by atoms with Gasteiger partial charge in [-0.1, -0.05) is 13.0 Å². The zero-order valence-corrected chi connectivity index (χ0v) is 8.37. The molecule has 1 saturated heterocycles. The molecule has 0 saturated carbocycles. The average Bonchev–Trinajstić information content (AvgIpc) is 2.11. The van der Waals surface area contributed by atoms with Crippen LogP contribution < -0.4 is 0 Å². The van der Waals surface area contributed by atoms with E-state index in [4.69, 9.17) is 0 Å². The van der Waals surface area contributed by atoms with Gasteiger partial charge in [-0.3, -0.25) is 4.90 Å². The highest BCUT2D eigenvalue weighted by atomic mass is 19.3. The number of hydrogen-bond donors (Lipinski definition) is 1. The fraction of sp³-hybridized carbons (Fsp3) is 0.800. The van der Waals surface area contributed by atoms with Crippen LogP contribution in [-0.4, -0.2) is 42.2 Å². The molecule has 82 valence electrons. The number of aliphatic hydroxyl groups is 1. The summed E-state index contributed by atoms with van der Waals surface area (Å²) in [7, 11) is 0. The summed E-state index contributed by atoms with van der Waals surface area (Å²) in [5.74, 6) is -1.05. The molecule has 0 aliphatic carbocycles. The number of nitrogens with zero attached hydrogens (tertiary/aromatic N) is 1. The fourth-order valence-corrected chi connectivity index (χ4v) is 1.90. The van der Waals surface area contributed by atoms with Crippen LogP contribution in [0, 0.1) is 11.8 Å². The molecule has 1 unspecified atom stereocenters. The summed E-state index contributed by atoms with van der Waals surface area (Å²) < 4.78 is 25.2. The third kappa shape index (κ3) is 2.51. The minimum absolute atomic E-state index is 0.323. The number of rotatable bonds is 3. The summed E-state index contributed by atoms with van der Waals surface area (Å²) in [5.41, 5.74) is 0.